The fraction of sp³-hybridized carbons (Fsp3) is 0.929. The lowest BCUT2D eigenvalue weighted by Crippen LogP contribution is -2.50. The van der Waals surface area contributed by atoms with E-state index in [4.69, 9.17) is 4.74 Å². The van der Waals surface area contributed by atoms with E-state index >= 15 is 0 Å². The molecule has 0 radical (unpaired) electrons. The van der Waals surface area contributed by atoms with Gasteiger partial charge in [-0.05, 0) is 24.8 Å². The number of carbonyl (C=O) groups is 1. The molecule has 2 saturated heterocycles. The summed E-state index contributed by atoms with van der Waals surface area (Å²) in [5.74, 6) is 1.55. The number of hydrogen-bond donors (Lipinski definition) is 1. The Hall–Kier alpha value is -0.610. The third-order valence-corrected chi connectivity index (χ3v) is 4.04. The van der Waals surface area contributed by atoms with Crippen LogP contribution in [0.5, 0.6) is 0 Å². The van der Waals surface area contributed by atoms with Crippen molar-refractivity contribution in [2.45, 2.75) is 33.2 Å². The monoisotopic (exact) mass is 254 g/mol. The predicted molar refractivity (Wildman–Crippen MR) is 71.3 cm³/mol. The molecule has 0 bridgehead atoms. The smallest absolute Gasteiger partial charge is 0.229 e. The Balaban J connectivity index is 1.97. The van der Waals surface area contributed by atoms with E-state index in [1.54, 1.807) is 0 Å². The van der Waals surface area contributed by atoms with Gasteiger partial charge in [-0.25, -0.2) is 0 Å². The zero-order valence-corrected chi connectivity index (χ0v) is 11.8. The van der Waals surface area contributed by atoms with Crippen LogP contribution >= 0.6 is 0 Å². The molecule has 104 valence electrons. The molecule has 0 saturated carbocycles. The Morgan fingerprint density at radius 2 is 1.94 bits per heavy atom. The number of nitrogens with zero attached hydrogens (tertiary/aromatic N) is 1. The van der Waals surface area contributed by atoms with Crippen molar-refractivity contribution in [3.05, 3.63) is 0 Å². The van der Waals surface area contributed by atoms with E-state index in [0.29, 0.717) is 25.0 Å². The molecule has 0 aromatic carbocycles. The molecule has 2 heterocycles. The third-order valence-electron chi connectivity index (χ3n) is 4.04. The van der Waals surface area contributed by atoms with Gasteiger partial charge in [-0.2, -0.15) is 0 Å². The molecule has 2 aliphatic rings. The molecule has 4 atom stereocenters. The summed E-state index contributed by atoms with van der Waals surface area (Å²) in [6.07, 6.45) is 1.24. The van der Waals surface area contributed by atoms with Crippen LogP contribution in [0, 0.1) is 17.8 Å². The number of likely N-dealkylation sites (tertiary alicyclic amines) is 1. The molecule has 18 heavy (non-hydrogen) atoms. The van der Waals surface area contributed by atoms with Crippen molar-refractivity contribution in [2.75, 3.05) is 32.8 Å². The topological polar surface area (TPSA) is 41.6 Å². The highest BCUT2D eigenvalue weighted by molar-refractivity contribution is 5.80. The zero-order chi connectivity index (χ0) is 13.1. The van der Waals surface area contributed by atoms with Crippen molar-refractivity contribution in [1.82, 2.24) is 10.2 Å². The first kappa shape index (κ1) is 13.8. The fourth-order valence-electron chi connectivity index (χ4n) is 3.34. The van der Waals surface area contributed by atoms with Crippen LogP contribution < -0.4 is 5.32 Å². The highest BCUT2D eigenvalue weighted by atomic mass is 16.5. The molecule has 1 amide bonds. The number of ether oxygens (including phenoxy) is 1. The van der Waals surface area contributed by atoms with Crippen molar-refractivity contribution in [1.29, 1.82) is 0 Å². The first-order chi connectivity index (χ1) is 8.61. The highest BCUT2D eigenvalue weighted by Gasteiger charge is 2.37. The number of rotatable bonds is 3. The van der Waals surface area contributed by atoms with Gasteiger partial charge in [0.15, 0.2) is 0 Å². The van der Waals surface area contributed by atoms with Gasteiger partial charge in [0, 0.05) is 19.1 Å². The van der Waals surface area contributed by atoms with Gasteiger partial charge >= 0.3 is 0 Å². The summed E-state index contributed by atoms with van der Waals surface area (Å²) in [7, 11) is 0. The van der Waals surface area contributed by atoms with Crippen molar-refractivity contribution >= 4 is 5.91 Å². The second kappa shape index (κ2) is 6.02. The fourth-order valence-corrected chi connectivity index (χ4v) is 3.34. The van der Waals surface area contributed by atoms with Crippen LogP contribution in [0.25, 0.3) is 0 Å². The van der Waals surface area contributed by atoms with Crippen LogP contribution in [0.4, 0.5) is 0 Å². The van der Waals surface area contributed by atoms with Gasteiger partial charge in [0.25, 0.3) is 0 Å². The van der Waals surface area contributed by atoms with E-state index in [1.807, 2.05) is 0 Å². The Bertz CT molecular complexity index is 286. The van der Waals surface area contributed by atoms with E-state index in [1.165, 1.54) is 6.42 Å². The molecule has 0 aliphatic carbocycles. The van der Waals surface area contributed by atoms with E-state index in [2.05, 4.69) is 31.0 Å². The Labute approximate surface area is 110 Å². The molecule has 4 unspecified atom stereocenters. The minimum atomic E-state index is 0.0162. The van der Waals surface area contributed by atoms with E-state index in [-0.39, 0.29) is 17.9 Å². The summed E-state index contributed by atoms with van der Waals surface area (Å²) in [6, 6.07) is 0.204. The van der Waals surface area contributed by atoms with Crippen LogP contribution in [0.3, 0.4) is 0 Å². The largest absolute Gasteiger partial charge is 0.379 e. The standard InChI is InChI=1S/C14H26N2O2/c1-4-15-13-9-18-8-12(13)14(17)16-6-10(2)5-11(3)7-16/h10-13,15H,4-9H2,1-3H3. The molecule has 0 aromatic rings. The second-order valence-electron chi connectivity index (χ2n) is 6.00. The second-order valence-corrected chi connectivity index (χ2v) is 6.00. The molecule has 2 aliphatic heterocycles. The van der Waals surface area contributed by atoms with Gasteiger partial charge in [0.2, 0.25) is 5.91 Å². The maximum atomic E-state index is 12.6. The SMILES string of the molecule is CCNC1COCC1C(=O)N1CC(C)CC(C)C1. The van der Waals surface area contributed by atoms with Gasteiger partial charge in [-0.15, -0.1) is 0 Å². The van der Waals surface area contributed by atoms with E-state index in [9.17, 15) is 4.79 Å². The maximum absolute atomic E-state index is 12.6. The van der Waals surface area contributed by atoms with E-state index < -0.39 is 0 Å². The third kappa shape index (κ3) is 3.04. The van der Waals surface area contributed by atoms with Gasteiger partial charge in [-0.1, -0.05) is 20.8 Å². The average Bonchev–Trinajstić information content (AvgIpc) is 2.75. The Morgan fingerprint density at radius 1 is 1.28 bits per heavy atom. The van der Waals surface area contributed by atoms with Crippen molar-refractivity contribution in [3.63, 3.8) is 0 Å². The van der Waals surface area contributed by atoms with Crippen LogP contribution in [-0.2, 0) is 9.53 Å². The lowest BCUT2D eigenvalue weighted by molar-refractivity contribution is -0.138. The first-order valence-corrected chi connectivity index (χ1v) is 7.21. The Morgan fingerprint density at radius 3 is 2.56 bits per heavy atom. The van der Waals surface area contributed by atoms with Crippen molar-refractivity contribution in [2.24, 2.45) is 17.8 Å². The maximum Gasteiger partial charge on any atom is 0.229 e. The van der Waals surface area contributed by atoms with Gasteiger partial charge < -0.3 is 15.0 Å². The van der Waals surface area contributed by atoms with Crippen molar-refractivity contribution < 1.29 is 9.53 Å². The molecule has 1 N–H and O–H groups in total. The van der Waals surface area contributed by atoms with Crippen LogP contribution in [0.1, 0.15) is 27.2 Å². The highest BCUT2D eigenvalue weighted by Crippen LogP contribution is 2.24. The van der Waals surface area contributed by atoms with Crippen LogP contribution in [-0.4, -0.2) is 49.7 Å². The summed E-state index contributed by atoms with van der Waals surface area (Å²) in [5, 5.41) is 3.36. The summed E-state index contributed by atoms with van der Waals surface area (Å²) in [4.78, 5) is 14.6. The zero-order valence-electron chi connectivity index (χ0n) is 11.8. The van der Waals surface area contributed by atoms with Gasteiger partial charge in [0.1, 0.15) is 0 Å². The van der Waals surface area contributed by atoms with Crippen LogP contribution in [0.2, 0.25) is 0 Å². The number of hydrogen-bond acceptors (Lipinski definition) is 3. The average molecular weight is 254 g/mol. The quantitative estimate of drug-likeness (QED) is 0.820. The van der Waals surface area contributed by atoms with Gasteiger partial charge in [-0.3, -0.25) is 4.79 Å². The summed E-state index contributed by atoms with van der Waals surface area (Å²) in [5.41, 5.74) is 0. The predicted octanol–water partition coefficient (Wildman–Crippen LogP) is 1.12. The lowest BCUT2D eigenvalue weighted by Gasteiger charge is -2.37. The first-order valence-electron chi connectivity index (χ1n) is 7.21. The summed E-state index contributed by atoms with van der Waals surface area (Å²) in [6.45, 7) is 10.5. The van der Waals surface area contributed by atoms with Gasteiger partial charge in [0.05, 0.1) is 19.1 Å². The molecule has 4 heteroatoms. The molecular weight excluding hydrogens is 228 g/mol. The van der Waals surface area contributed by atoms with E-state index in [0.717, 1.165) is 19.6 Å². The Kier molecular flexibility index (Phi) is 4.62. The number of piperidine rings is 1. The lowest BCUT2D eigenvalue weighted by atomic mass is 9.90. The van der Waals surface area contributed by atoms with Crippen molar-refractivity contribution in [3.8, 4) is 0 Å². The number of amides is 1. The summed E-state index contributed by atoms with van der Waals surface area (Å²) < 4.78 is 5.48. The summed E-state index contributed by atoms with van der Waals surface area (Å²) >= 11 is 0. The van der Waals surface area contributed by atoms with Crippen LogP contribution in [0.15, 0.2) is 0 Å². The normalized spacial score (nSPS) is 36.9. The molecular formula is C14H26N2O2. The molecule has 2 rings (SSSR count). The minimum absolute atomic E-state index is 0.0162. The molecule has 0 aromatic heterocycles. The molecule has 2 fully saturated rings. The molecule has 4 nitrogen and oxygen atoms in total. The number of likely N-dealkylation sites (N-methyl/N-ethyl adjacent to an activating group) is 1. The number of nitrogens with one attached hydrogen (secondary N) is 1. The molecule has 0 spiro atoms. The number of carbonyl (C=O) groups excluding carboxylic acids is 1. The minimum Gasteiger partial charge on any atom is -0.379 e.